The van der Waals surface area contributed by atoms with Crippen molar-refractivity contribution >= 4 is 33.6 Å². The maximum absolute atomic E-state index is 11.7. The molecule has 0 aromatic heterocycles. The number of hydrogen-bond acceptors (Lipinski definition) is 3. The van der Waals surface area contributed by atoms with Gasteiger partial charge in [0.2, 0.25) is 0 Å². The number of hydrogen-bond donors (Lipinski definition) is 3. The van der Waals surface area contributed by atoms with Crippen molar-refractivity contribution in [3.63, 3.8) is 0 Å². The summed E-state index contributed by atoms with van der Waals surface area (Å²) in [6, 6.07) is 4.28. The van der Waals surface area contributed by atoms with E-state index in [0.717, 1.165) is 25.9 Å². The predicted octanol–water partition coefficient (Wildman–Crippen LogP) is 3.09. The van der Waals surface area contributed by atoms with Gasteiger partial charge in [0.15, 0.2) is 0 Å². The molecule has 0 aliphatic heterocycles. The Balaban J connectivity index is 2.38. The number of amides is 2. The highest BCUT2D eigenvalue weighted by molar-refractivity contribution is 9.10. The molecule has 7 heteroatoms. The number of benzene rings is 1. The van der Waals surface area contributed by atoms with Crippen LogP contribution in [-0.2, 0) is 4.74 Å². The van der Waals surface area contributed by atoms with Gasteiger partial charge in [-0.2, -0.15) is 0 Å². The number of unbranched alkanes of at least 4 members (excludes halogenated alkanes) is 2. The van der Waals surface area contributed by atoms with Gasteiger partial charge in [-0.3, -0.25) is 0 Å². The molecule has 0 radical (unpaired) electrons. The topological polar surface area (TPSA) is 87.7 Å². The lowest BCUT2D eigenvalue weighted by molar-refractivity contribution is 0.0696. The van der Waals surface area contributed by atoms with Crippen molar-refractivity contribution in [2.75, 3.05) is 25.6 Å². The fraction of sp³-hybridized carbons (Fsp3) is 0.429. The Labute approximate surface area is 132 Å². The minimum Gasteiger partial charge on any atom is -0.478 e. The van der Waals surface area contributed by atoms with Crippen molar-refractivity contribution in [2.24, 2.45) is 0 Å². The number of halogens is 1. The van der Waals surface area contributed by atoms with Crippen LogP contribution in [0.2, 0.25) is 0 Å². The van der Waals surface area contributed by atoms with Crippen LogP contribution in [0.25, 0.3) is 0 Å². The Morgan fingerprint density at radius 2 is 2.05 bits per heavy atom. The molecule has 3 N–H and O–H groups in total. The van der Waals surface area contributed by atoms with Gasteiger partial charge in [-0.1, -0.05) is 0 Å². The van der Waals surface area contributed by atoms with Crippen LogP contribution in [0.5, 0.6) is 0 Å². The Bertz CT molecular complexity index is 494. The monoisotopic (exact) mass is 358 g/mol. The van der Waals surface area contributed by atoms with Crippen LogP contribution in [0, 0.1) is 0 Å². The number of carbonyl (C=O) groups excluding carboxylic acids is 1. The summed E-state index contributed by atoms with van der Waals surface area (Å²) in [4.78, 5) is 22.6. The number of urea groups is 1. The van der Waals surface area contributed by atoms with E-state index in [2.05, 4.69) is 26.6 Å². The molecule has 0 saturated heterocycles. The van der Waals surface area contributed by atoms with E-state index in [1.807, 2.05) is 0 Å². The first-order valence-electron chi connectivity index (χ1n) is 6.61. The first kappa shape index (κ1) is 17.5. The van der Waals surface area contributed by atoms with Crippen molar-refractivity contribution in [2.45, 2.75) is 19.3 Å². The van der Waals surface area contributed by atoms with E-state index in [1.54, 1.807) is 19.2 Å². The number of carboxylic acids is 1. The molecule has 0 spiro atoms. The largest absolute Gasteiger partial charge is 0.478 e. The second-order valence-corrected chi connectivity index (χ2v) is 5.29. The summed E-state index contributed by atoms with van der Waals surface area (Å²) in [6.45, 7) is 1.29. The molecule has 1 rings (SSSR count). The van der Waals surface area contributed by atoms with Crippen molar-refractivity contribution < 1.29 is 19.4 Å². The highest BCUT2D eigenvalue weighted by atomic mass is 79.9. The van der Waals surface area contributed by atoms with E-state index in [1.165, 1.54) is 6.07 Å². The van der Waals surface area contributed by atoms with E-state index < -0.39 is 5.97 Å². The molecule has 0 aliphatic carbocycles. The fourth-order valence-corrected chi connectivity index (χ4v) is 2.11. The van der Waals surface area contributed by atoms with Crippen LogP contribution >= 0.6 is 15.9 Å². The molecular weight excluding hydrogens is 340 g/mol. The van der Waals surface area contributed by atoms with Gasteiger partial charge in [0, 0.05) is 30.4 Å². The molecule has 1 aromatic rings. The van der Waals surface area contributed by atoms with Gasteiger partial charge < -0.3 is 20.5 Å². The molecule has 21 heavy (non-hydrogen) atoms. The summed E-state index contributed by atoms with van der Waals surface area (Å²) < 4.78 is 5.41. The highest BCUT2D eigenvalue weighted by Crippen LogP contribution is 2.21. The van der Waals surface area contributed by atoms with E-state index in [0.29, 0.717) is 16.7 Å². The number of anilines is 1. The lowest BCUT2D eigenvalue weighted by Gasteiger charge is -2.09. The summed E-state index contributed by atoms with van der Waals surface area (Å²) in [6.07, 6.45) is 2.82. The Hall–Kier alpha value is -1.60. The van der Waals surface area contributed by atoms with Crippen LogP contribution in [0.3, 0.4) is 0 Å². The quantitative estimate of drug-likeness (QED) is 0.623. The SMILES string of the molecule is COCCCCCNC(=O)Nc1ccc(Br)c(C(=O)O)c1. The standard InChI is InChI=1S/C14H19BrN2O4/c1-21-8-4-2-3-7-16-14(20)17-10-5-6-12(15)11(9-10)13(18)19/h5-6,9H,2-4,7-8H2,1H3,(H,18,19)(H2,16,17,20). The van der Waals surface area contributed by atoms with E-state index in [-0.39, 0.29) is 11.6 Å². The number of aromatic carboxylic acids is 1. The normalized spacial score (nSPS) is 10.2. The lowest BCUT2D eigenvalue weighted by atomic mass is 10.2. The molecule has 0 aliphatic rings. The summed E-state index contributed by atoms with van der Waals surface area (Å²) >= 11 is 3.15. The zero-order valence-electron chi connectivity index (χ0n) is 11.8. The van der Waals surface area contributed by atoms with Crippen LogP contribution in [-0.4, -0.2) is 37.4 Å². The zero-order chi connectivity index (χ0) is 15.7. The molecule has 1 aromatic carbocycles. The third kappa shape index (κ3) is 6.59. The number of nitrogens with one attached hydrogen (secondary N) is 2. The van der Waals surface area contributed by atoms with Gasteiger partial charge in [0.1, 0.15) is 0 Å². The summed E-state index contributed by atoms with van der Waals surface area (Å²) in [5.74, 6) is -1.05. The molecule has 116 valence electrons. The van der Waals surface area contributed by atoms with E-state index >= 15 is 0 Å². The van der Waals surface area contributed by atoms with Crippen LogP contribution in [0.15, 0.2) is 22.7 Å². The van der Waals surface area contributed by atoms with Gasteiger partial charge in [-0.05, 0) is 53.4 Å². The maximum Gasteiger partial charge on any atom is 0.336 e. The first-order chi connectivity index (χ1) is 10.0. The van der Waals surface area contributed by atoms with E-state index in [4.69, 9.17) is 9.84 Å². The molecule has 0 unspecified atom stereocenters. The summed E-state index contributed by atoms with van der Waals surface area (Å²) in [7, 11) is 1.66. The zero-order valence-corrected chi connectivity index (χ0v) is 13.4. The van der Waals surface area contributed by atoms with Crippen LogP contribution < -0.4 is 10.6 Å². The highest BCUT2D eigenvalue weighted by Gasteiger charge is 2.10. The Morgan fingerprint density at radius 3 is 2.71 bits per heavy atom. The number of carboxylic acid groups (broad SMARTS) is 1. The molecule has 6 nitrogen and oxygen atoms in total. The Kier molecular flexibility index (Phi) is 7.78. The van der Waals surface area contributed by atoms with Gasteiger partial charge in [0.25, 0.3) is 0 Å². The van der Waals surface area contributed by atoms with Gasteiger partial charge in [0.05, 0.1) is 5.56 Å². The number of methoxy groups -OCH3 is 1. The molecule has 0 saturated carbocycles. The minimum absolute atomic E-state index is 0.104. The predicted molar refractivity (Wildman–Crippen MR) is 83.8 cm³/mol. The average molecular weight is 359 g/mol. The maximum atomic E-state index is 11.7. The van der Waals surface area contributed by atoms with Crippen molar-refractivity contribution in [1.82, 2.24) is 5.32 Å². The second kappa shape index (κ2) is 9.36. The van der Waals surface area contributed by atoms with Gasteiger partial charge in [-0.25, -0.2) is 9.59 Å². The third-order valence-electron chi connectivity index (χ3n) is 2.77. The first-order valence-corrected chi connectivity index (χ1v) is 7.40. The van der Waals surface area contributed by atoms with Crippen molar-refractivity contribution in [1.29, 1.82) is 0 Å². The third-order valence-corrected chi connectivity index (χ3v) is 3.46. The number of ether oxygens (including phenoxy) is 1. The molecule has 2 amide bonds. The van der Waals surface area contributed by atoms with Crippen LogP contribution in [0.1, 0.15) is 29.6 Å². The molecule has 0 heterocycles. The summed E-state index contributed by atoms with van der Waals surface area (Å²) in [5.41, 5.74) is 0.542. The average Bonchev–Trinajstić information content (AvgIpc) is 2.44. The number of rotatable bonds is 8. The van der Waals surface area contributed by atoms with E-state index in [9.17, 15) is 9.59 Å². The number of carbonyl (C=O) groups is 2. The molecule has 0 atom stereocenters. The van der Waals surface area contributed by atoms with Crippen LogP contribution in [0.4, 0.5) is 10.5 Å². The second-order valence-electron chi connectivity index (χ2n) is 4.43. The van der Waals surface area contributed by atoms with Crippen molar-refractivity contribution in [3.8, 4) is 0 Å². The smallest absolute Gasteiger partial charge is 0.336 e. The Morgan fingerprint density at radius 1 is 1.29 bits per heavy atom. The molecular formula is C14H19BrN2O4. The van der Waals surface area contributed by atoms with Gasteiger partial charge in [-0.15, -0.1) is 0 Å². The molecule has 0 bridgehead atoms. The summed E-state index contributed by atoms with van der Waals surface area (Å²) in [5, 5.41) is 14.3. The minimum atomic E-state index is -1.05. The lowest BCUT2D eigenvalue weighted by Crippen LogP contribution is -2.29. The fourth-order valence-electron chi connectivity index (χ4n) is 1.69. The van der Waals surface area contributed by atoms with Crippen molar-refractivity contribution in [3.05, 3.63) is 28.2 Å². The molecule has 0 fully saturated rings. The van der Waals surface area contributed by atoms with Gasteiger partial charge >= 0.3 is 12.0 Å².